The molecule has 240 valence electrons. The van der Waals surface area contributed by atoms with Gasteiger partial charge in [-0.15, -0.1) is 0 Å². The van der Waals surface area contributed by atoms with Crippen LogP contribution < -0.4 is 24.8 Å². The van der Waals surface area contributed by atoms with Crippen LogP contribution in [0.2, 0.25) is 0 Å². The summed E-state index contributed by atoms with van der Waals surface area (Å²) in [5.74, 6) is 1.08. The van der Waals surface area contributed by atoms with Crippen molar-refractivity contribution in [3.63, 3.8) is 0 Å². The lowest BCUT2D eigenvalue weighted by Gasteiger charge is -2.28. The Morgan fingerprint density at radius 3 is 2.56 bits per heavy atom. The molecule has 0 unspecified atom stereocenters. The van der Waals surface area contributed by atoms with E-state index in [1.165, 1.54) is 12.5 Å². The smallest absolute Gasteiger partial charge is 0.251 e. The van der Waals surface area contributed by atoms with Gasteiger partial charge in [0.25, 0.3) is 5.91 Å². The van der Waals surface area contributed by atoms with Crippen LogP contribution in [-0.2, 0) is 22.2 Å². The lowest BCUT2D eigenvalue weighted by molar-refractivity contribution is -0.118. The summed E-state index contributed by atoms with van der Waals surface area (Å²) in [4.78, 5) is 30.0. The number of hydrogen-bond acceptors (Lipinski definition) is 8. The second-order valence-corrected chi connectivity index (χ2v) is 13.2. The van der Waals surface area contributed by atoms with Crippen LogP contribution in [0.4, 0.5) is 0 Å². The summed E-state index contributed by atoms with van der Waals surface area (Å²) in [5.41, 5.74) is 3.15. The van der Waals surface area contributed by atoms with E-state index in [1.54, 1.807) is 18.2 Å². The summed E-state index contributed by atoms with van der Waals surface area (Å²) in [5, 5.41) is 18.2. The van der Waals surface area contributed by atoms with Crippen molar-refractivity contribution in [1.82, 2.24) is 15.6 Å². The van der Waals surface area contributed by atoms with Gasteiger partial charge in [-0.25, -0.2) is 0 Å². The molecule has 0 spiro atoms. The summed E-state index contributed by atoms with van der Waals surface area (Å²) >= 11 is 0. The number of fused-ring (bicyclic) bond motifs is 4. The Morgan fingerprint density at radius 1 is 1.09 bits per heavy atom. The number of benzene rings is 2. The molecule has 1 aliphatic heterocycles. The standard InChI is InChI=1S/C36H45N3O6/c1-24(40)23-45-30-19-26-18-29(21-30)44-15-6-5-14-43-28-9-7-8-25(16-28)17-31(39-34(26)42)32(41)22-38-36(11-12-36)33-20-27(10-13-37-33)35(2,3)4/h7-10,13,16,18-21,31-32,38,41H,5-6,11-12,14-15,17,22-23H2,1-4H3,(H,39,42)/t31-,32+/m0/s1. The van der Waals surface area contributed by atoms with Crippen molar-refractivity contribution in [1.29, 1.82) is 0 Å². The fourth-order valence-electron chi connectivity index (χ4n) is 5.44. The number of pyridine rings is 1. The van der Waals surface area contributed by atoms with Gasteiger partial charge < -0.3 is 30.0 Å². The minimum absolute atomic E-state index is 0.00114. The van der Waals surface area contributed by atoms with Crippen molar-refractivity contribution >= 4 is 11.7 Å². The largest absolute Gasteiger partial charge is 0.494 e. The lowest BCUT2D eigenvalue weighted by atomic mass is 9.86. The monoisotopic (exact) mass is 615 g/mol. The molecule has 3 aromatic rings. The molecule has 9 heteroatoms. The Bertz CT molecular complexity index is 1500. The highest BCUT2D eigenvalue weighted by atomic mass is 16.5. The molecule has 1 saturated carbocycles. The van der Waals surface area contributed by atoms with E-state index in [-0.39, 0.29) is 35.8 Å². The molecule has 3 N–H and O–H groups in total. The molecule has 1 fully saturated rings. The van der Waals surface area contributed by atoms with Gasteiger partial charge in [0, 0.05) is 24.4 Å². The quantitative estimate of drug-likeness (QED) is 0.328. The van der Waals surface area contributed by atoms with E-state index in [2.05, 4.69) is 48.5 Å². The van der Waals surface area contributed by atoms with E-state index >= 15 is 0 Å². The van der Waals surface area contributed by atoms with Crippen LogP contribution >= 0.6 is 0 Å². The number of hydrogen-bond donors (Lipinski definition) is 3. The van der Waals surface area contributed by atoms with Crippen LogP contribution in [0.1, 0.15) is 80.6 Å². The Morgan fingerprint density at radius 2 is 1.84 bits per heavy atom. The predicted octanol–water partition coefficient (Wildman–Crippen LogP) is 4.88. The van der Waals surface area contributed by atoms with Crippen LogP contribution in [0.3, 0.4) is 0 Å². The van der Waals surface area contributed by atoms with Gasteiger partial charge in [0.05, 0.1) is 36.6 Å². The second-order valence-electron chi connectivity index (χ2n) is 13.2. The second kappa shape index (κ2) is 14.0. The van der Waals surface area contributed by atoms with Crippen LogP contribution in [-0.4, -0.2) is 60.3 Å². The molecular weight excluding hydrogens is 570 g/mol. The number of ketones is 1. The molecule has 5 rings (SSSR count). The number of aromatic nitrogens is 1. The first-order valence-electron chi connectivity index (χ1n) is 15.8. The van der Waals surface area contributed by atoms with Crippen molar-refractivity contribution in [2.75, 3.05) is 26.4 Å². The number of carbonyl (C=O) groups excluding carboxylic acids is 2. The number of rotatable bonds is 8. The zero-order chi connectivity index (χ0) is 32.0. The molecule has 4 bridgehead atoms. The maximum atomic E-state index is 13.7. The zero-order valence-electron chi connectivity index (χ0n) is 26.7. The third-order valence-electron chi connectivity index (χ3n) is 8.31. The van der Waals surface area contributed by atoms with Gasteiger partial charge in [-0.3, -0.25) is 14.6 Å². The first-order chi connectivity index (χ1) is 21.5. The molecule has 1 aliphatic carbocycles. The lowest BCUT2D eigenvalue weighted by Crippen LogP contribution is -2.50. The van der Waals surface area contributed by atoms with Gasteiger partial charge in [-0.1, -0.05) is 32.9 Å². The molecule has 0 radical (unpaired) electrons. The normalized spacial score (nSPS) is 19.0. The predicted molar refractivity (Wildman–Crippen MR) is 172 cm³/mol. The summed E-state index contributed by atoms with van der Waals surface area (Å²) in [7, 11) is 0. The third kappa shape index (κ3) is 8.83. The number of carbonyl (C=O) groups is 2. The number of nitrogens with one attached hydrogen (secondary N) is 2. The fraction of sp³-hybridized carbons (Fsp3) is 0.472. The highest BCUT2D eigenvalue weighted by Gasteiger charge is 2.46. The molecule has 45 heavy (non-hydrogen) atoms. The molecule has 1 amide bonds. The van der Waals surface area contributed by atoms with Crippen LogP contribution in [0.5, 0.6) is 17.2 Å². The van der Waals surface area contributed by atoms with Crippen LogP contribution in [0.25, 0.3) is 0 Å². The average Bonchev–Trinajstić information content (AvgIpc) is 3.81. The Kier molecular flexibility index (Phi) is 10.1. The molecular formula is C36H45N3O6. The molecule has 2 aromatic carbocycles. The van der Waals surface area contributed by atoms with E-state index in [1.807, 2.05) is 30.5 Å². The molecule has 2 aliphatic rings. The number of ether oxygens (including phenoxy) is 3. The summed E-state index contributed by atoms with van der Waals surface area (Å²) in [6.45, 7) is 9.12. The van der Waals surface area contributed by atoms with Gasteiger partial charge in [0.15, 0.2) is 5.78 Å². The number of Topliss-reactive ketones (excluding diaryl/α,β-unsaturated/α-hetero) is 1. The number of aliphatic hydroxyl groups excluding tert-OH is 1. The fourth-order valence-corrected chi connectivity index (χ4v) is 5.44. The van der Waals surface area contributed by atoms with E-state index < -0.39 is 12.1 Å². The van der Waals surface area contributed by atoms with Crippen LogP contribution in [0, 0.1) is 0 Å². The highest BCUT2D eigenvalue weighted by Crippen LogP contribution is 2.45. The zero-order valence-corrected chi connectivity index (χ0v) is 26.7. The topological polar surface area (TPSA) is 119 Å². The molecule has 9 nitrogen and oxygen atoms in total. The van der Waals surface area contributed by atoms with Gasteiger partial charge in [0.2, 0.25) is 0 Å². The molecule has 0 saturated heterocycles. The summed E-state index contributed by atoms with van der Waals surface area (Å²) in [6, 6.07) is 16.3. The summed E-state index contributed by atoms with van der Waals surface area (Å²) < 4.78 is 17.6. The third-order valence-corrected chi connectivity index (χ3v) is 8.31. The van der Waals surface area contributed by atoms with Gasteiger partial charge in [-0.05, 0) is 92.0 Å². The maximum absolute atomic E-state index is 13.7. The molecule has 2 heterocycles. The van der Waals surface area contributed by atoms with Crippen molar-refractivity contribution in [2.24, 2.45) is 0 Å². The first kappa shape index (κ1) is 32.4. The molecule has 2 atom stereocenters. The highest BCUT2D eigenvalue weighted by molar-refractivity contribution is 5.95. The first-order valence-corrected chi connectivity index (χ1v) is 15.8. The SMILES string of the molecule is CC(=O)COc1cc2cc(c1)C(=O)N[C@H]([C@H](O)CNC1(c3cc(C(C)(C)C)ccn3)CC1)Cc1cccc(c1)OCCCCO2. The van der Waals surface area contributed by atoms with E-state index in [0.29, 0.717) is 36.7 Å². The van der Waals surface area contributed by atoms with Crippen molar-refractivity contribution in [3.8, 4) is 17.2 Å². The minimum Gasteiger partial charge on any atom is -0.494 e. The minimum atomic E-state index is -0.909. The van der Waals surface area contributed by atoms with Crippen molar-refractivity contribution in [3.05, 3.63) is 83.2 Å². The number of nitrogens with zero attached hydrogens (tertiary/aromatic N) is 1. The van der Waals surface area contributed by atoms with Crippen molar-refractivity contribution in [2.45, 2.75) is 82.9 Å². The van der Waals surface area contributed by atoms with Crippen LogP contribution in [0.15, 0.2) is 60.8 Å². The Hall–Kier alpha value is -3.95. The van der Waals surface area contributed by atoms with E-state index in [4.69, 9.17) is 14.2 Å². The maximum Gasteiger partial charge on any atom is 0.251 e. The Balaban J connectivity index is 1.38. The van der Waals surface area contributed by atoms with Gasteiger partial charge in [-0.2, -0.15) is 0 Å². The van der Waals surface area contributed by atoms with E-state index in [9.17, 15) is 14.7 Å². The number of aliphatic hydroxyl groups is 1. The number of amides is 1. The van der Waals surface area contributed by atoms with Crippen molar-refractivity contribution < 1.29 is 28.9 Å². The van der Waals surface area contributed by atoms with E-state index in [0.717, 1.165) is 42.7 Å². The van der Waals surface area contributed by atoms with Gasteiger partial charge in [0.1, 0.15) is 23.9 Å². The molecule has 1 aromatic heterocycles. The van der Waals surface area contributed by atoms with Gasteiger partial charge >= 0.3 is 0 Å². The Labute approximate surface area is 265 Å². The average molecular weight is 616 g/mol. The summed E-state index contributed by atoms with van der Waals surface area (Å²) in [6.07, 6.45) is 4.74.